The number of amides is 1. The number of aryl methyl sites for hydroxylation is 1. The molecule has 3 aromatic carbocycles. The molecule has 0 fully saturated rings. The largest absolute Gasteiger partial charge is 0.490 e. The molecule has 2 aliphatic rings. The zero-order chi connectivity index (χ0) is 27.7. The second-order valence-corrected chi connectivity index (χ2v) is 11.2. The molecule has 1 amide bonds. The van der Waals surface area contributed by atoms with Gasteiger partial charge in [0.2, 0.25) is 5.17 Å². The zero-order valence-electron chi connectivity index (χ0n) is 20.8. The van der Waals surface area contributed by atoms with Crippen LogP contribution in [0, 0.1) is 12.3 Å². The summed E-state index contributed by atoms with van der Waals surface area (Å²) >= 11 is 17.1. The lowest BCUT2D eigenvalue weighted by molar-refractivity contribution is -0.114. The number of fused-ring (bicyclic) bond motifs is 1. The number of hydrogen-bond donors (Lipinski definition) is 1. The van der Waals surface area contributed by atoms with Crippen molar-refractivity contribution in [1.82, 2.24) is 5.01 Å². The van der Waals surface area contributed by atoms with Crippen molar-refractivity contribution < 1.29 is 14.3 Å². The van der Waals surface area contributed by atoms with Gasteiger partial charge in [0.05, 0.1) is 16.7 Å². The van der Waals surface area contributed by atoms with Crippen molar-refractivity contribution in [2.24, 2.45) is 10.1 Å². The third-order valence-electron chi connectivity index (χ3n) is 5.78. The van der Waals surface area contributed by atoms with Crippen LogP contribution in [0.2, 0.25) is 10.0 Å². The highest BCUT2D eigenvalue weighted by Gasteiger charge is 2.36. The molecule has 0 spiro atoms. The fourth-order valence-electron chi connectivity index (χ4n) is 3.83. The van der Waals surface area contributed by atoms with Crippen LogP contribution in [0.4, 0.5) is 0 Å². The van der Waals surface area contributed by atoms with Crippen LogP contribution in [0.15, 0.2) is 74.7 Å². The van der Waals surface area contributed by atoms with Crippen molar-refractivity contribution in [3.63, 3.8) is 0 Å². The van der Waals surface area contributed by atoms with Gasteiger partial charge >= 0.3 is 0 Å². The molecule has 0 aliphatic carbocycles. The topological polar surface area (TPSA) is 87.3 Å². The number of amidine groups is 2. The Morgan fingerprint density at radius 2 is 1.87 bits per heavy atom. The molecule has 11 heteroatoms. The molecule has 0 bridgehead atoms. The zero-order valence-corrected chi connectivity index (χ0v) is 24.7. The number of carbonyl (C=O) groups excluding carboxylic acids is 1. The number of hydrogen-bond acceptors (Lipinski definition) is 6. The van der Waals surface area contributed by atoms with Crippen LogP contribution in [0.3, 0.4) is 0 Å². The van der Waals surface area contributed by atoms with E-state index < -0.39 is 5.91 Å². The van der Waals surface area contributed by atoms with E-state index >= 15 is 0 Å². The predicted molar refractivity (Wildman–Crippen MR) is 161 cm³/mol. The van der Waals surface area contributed by atoms with E-state index in [1.54, 1.807) is 36.4 Å². The van der Waals surface area contributed by atoms with E-state index in [-0.39, 0.29) is 18.0 Å². The molecule has 39 heavy (non-hydrogen) atoms. The third-order valence-corrected chi connectivity index (χ3v) is 7.92. The maximum absolute atomic E-state index is 12.9. The number of benzene rings is 3. The number of carbonyl (C=O) groups is 1. The van der Waals surface area contributed by atoms with Crippen LogP contribution < -0.4 is 9.47 Å². The molecule has 0 saturated carbocycles. The molecule has 7 nitrogen and oxygen atoms in total. The van der Waals surface area contributed by atoms with Crippen LogP contribution in [-0.4, -0.2) is 33.6 Å². The second kappa shape index (κ2) is 11.6. The van der Waals surface area contributed by atoms with E-state index in [1.165, 1.54) is 16.8 Å². The van der Waals surface area contributed by atoms with E-state index in [0.717, 1.165) is 16.7 Å². The first-order chi connectivity index (χ1) is 18.7. The summed E-state index contributed by atoms with van der Waals surface area (Å²) in [4.78, 5) is 17.1. The molecule has 3 aromatic rings. The molecular weight excluding hydrogens is 623 g/mol. The van der Waals surface area contributed by atoms with Crippen molar-refractivity contribution in [1.29, 1.82) is 5.41 Å². The summed E-state index contributed by atoms with van der Waals surface area (Å²) in [6, 6.07) is 16.6. The fraction of sp³-hybridized carbons (Fsp3) is 0.143. The normalized spacial score (nSPS) is 15.8. The van der Waals surface area contributed by atoms with Crippen LogP contribution in [-0.2, 0) is 11.4 Å². The number of nitrogens with one attached hydrogen (secondary N) is 1. The first-order valence-corrected chi connectivity index (χ1v) is 14.2. The Bertz CT molecular complexity index is 1590. The minimum absolute atomic E-state index is 0.0496. The summed E-state index contributed by atoms with van der Waals surface area (Å²) in [6.07, 6.45) is 1.60. The van der Waals surface area contributed by atoms with Gasteiger partial charge in [0.15, 0.2) is 17.3 Å². The maximum atomic E-state index is 12.9. The van der Waals surface area contributed by atoms with Crippen molar-refractivity contribution in [3.05, 3.63) is 96.9 Å². The van der Waals surface area contributed by atoms with Crippen LogP contribution >= 0.6 is 50.9 Å². The van der Waals surface area contributed by atoms with Gasteiger partial charge in [0, 0.05) is 21.2 Å². The van der Waals surface area contributed by atoms with Gasteiger partial charge in [-0.1, -0.05) is 59.1 Å². The number of halogens is 3. The summed E-state index contributed by atoms with van der Waals surface area (Å²) in [5.41, 5.74) is 3.54. The van der Waals surface area contributed by atoms with E-state index in [1.807, 2.05) is 38.1 Å². The summed E-state index contributed by atoms with van der Waals surface area (Å²) < 4.78 is 12.5. The average molecular weight is 644 g/mol. The SMILES string of the molecule is CCOc1cc(/C=C2/C(=N)N3N=C(c4ccc(C)cc4)SC3=NC2=O)cc(Br)c1OCc1ccc(Cl)cc1Cl. The Kier molecular flexibility index (Phi) is 8.13. The fourth-order valence-corrected chi connectivity index (χ4v) is 5.77. The van der Waals surface area contributed by atoms with Gasteiger partial charge in [0.1, 0.15) is 11.7 Å². The standard InChI is InChI=1S/C28H21BrCl2N4O3S/c1-3-37-23-12-16(11-21(29)24(23)38-14-18-8-9-19(30)13-22(18)31)10-20-25(32)35-28(33-26(20)36)39-27(34-35)17-6-4-15(2)5-7-17/h4-13,32H,3,14H2,1-2H3/b20-10-,32-25?. The monoisotopic (exact) mass is 642 g/mol. The molecule has 0 atom stereocenters. The van der Waals surface area contributed by atoms with Gasteiger partial charge in [-0.3, -0.25) is 10.2 Å². The Balaban J connectivity index is 1.42. The summed E-state index contributed by atoms with van der Waals surface area (Å²) in [7, 11) is 0. The first kappa shape index (κ1) is 27.5. The minimum Gasteiger partial charge on any atom is -0.490 e. The molecular formula is C28H21BrCl2N4O3S. The number of nitrogens with zero attached hydrogens (tertiary/aromatic N) is 3. The Hall–Kier alpha value is -3.11. The van der Waals surface area contributed by atoms with E-state index in [9.17, 15) is 4.79 Å². The molecule has 198 valence electrons. The van der Waals surface area contributed by atoms with Gasteiger partial charge in [-0.2, -0.15) is 15.1 Å². The predicted octanol–water partition coefficient (Wildman–Crippen LogP) is 7.71. The summed E-state index contributed by atoms with van der Waals surface area (Å²) in [5.74, 6) is 0.398. The highest BCUT2D eigenvalue weighted by molar-refractivity contribution is 9.10. The smallest absolute Gasteiger partial charge is 0.283 e. The molecule has 0 unspecified atom stereocenters. The molecule has 2 heterocycles. The Morgan fingerprint density at radius 3 is 2.59 bits per heavy atom. The maximum Gasteiger partial charge on any atom is 0.283 e. The van der Waals surface area contributed by atoms with Gasteiger partial charge in [0.25, 0.3) is 5.91 Å². The van der Waals surface area contributed by atoms with Crippen molar-refractivity contribution in [2.75, 3.05) is 6.61 Å². The Morgan fingerprint density at radius 1 is 1.10 bits per heavy atom. The summed E-state index contributed by atoms with van der Waals surface area (Å²) in [5, 5.41) is 16.7. The number of thioether (sulfide) groups is 1. The molecule has 0 radical (unpaired) electrons. The highest BCUT2D eigenvalue weighted by atomic mass is 79.9. The molecule has 2 aliphatic heterocycles. The number of ether oxygens (including phenoxy) is 2. The van der Waals surface area contributed by atoms with E-state index in [0.29, 0.717) is 48.4 Å². The van der Waals surface area contributed by atoms with Crippen molar-refractivity contribution in [2.45, 2.75) is 20.5 Å². The number of rotatable bonds is 7. The third kappa shape index (κ3) is 5.91. The van der Waals surface area contributed by atoms with Gasteiger partial charge in [-0.05, 0) is 77.4 Å². The lowest BCUT2D eigenvalue weighted by Crippen LogP contribution is -2.35. The molecule has 1 N–H and O–H groups in total. The van der Waals surface area contributed by atoms with Crippen LogP contribution in [0.5, 0.6) is 11.5 Å². The lowest BCUT2D eigenvalue weighted by Gasteiger charge is -2.20. The number of aliphatic imine (C=N–C) groups is 1. The quantitative estimate of drug-likeness (QED) is 0.267. The second-order valence-electron chi connectivity index (χ2n) is 8.58. The molecule has 5 rings (SSSR count). The average Bonchev–Trinajstić information content (AvgIpc) is 3.32. The van der Waals surface area contributed by atoms with Crippen LogP contribution in [0.1, 0.15) is 29.2 Å². The molecule has 0 aromatic heterocycles. The number of hydrazone groups is 1. The van der Waals surface area contributed by atoms with E-state index in [2.05, 4.69) is 26.0 Å². The van der Waals surface area contributed by atoms with Gasteiger partial charge in [-0.25, -0.2) is 0 Å². The van der Waals surface area contributed by atoms with E-state index in [4.69, 9.17) is 38.1 Å². The first-order valence-electron chi connectivity index (χ1n) is 11.8. The molecule has 0 saturated heterocycles. The van der Waals surface area contributed by atoms with Crippen molar-refractivity contribution in [3.8, 4) is 11.5 Å². The van der Waals surface area contributed by atoms with Gasteiger partial charge < -0.3 is 9.47 Å². The minimum atomic E-state index is -0.508. The Labute approximate surface area is 248 Å². The summed E-state index contributed by atoms with van der Waals surface area (Å²) in [6.45, 7) is 4.47. The van der Waals surface area contributed by atoms with Gasteiger partial charge in [-0.15, -0.1) is 0 Å². The lowest BCUT2D eigenvalue weighted by atomic mass is 10.1. The highest BCUT2D eigenvalue weighted by Crippen LogP contribution is 2.39. The van der Waals surface area contributed by atoms with Crippen molar-refractivity contribution >= 4 is 78.9 Å². The van der Waals surface area contributed by atoms with Crippen LogP contribution in [0.25, 0.3) is 6.08 Å².